The van der Waals surface area contributed by atoms with E-state index in [0.717, 1.165) is 0 Å². The van der Waals surface area contributed by atoms with Gasteiger partial charge in [-0.3, -0.25) is 9.59 Å². The summed E-state index contributed by atoms with van der Waals surface area (Å²) in [7, 11) is 0. The first kappa shape index (κ1) is 14.5. The van der Waals surface area contributed by atoms with E-state index in [1.807, 2.05) is 45.2 Å². The van der Waals surface area contributed by atoms with Gasteiger partial charge in [0.25, 0.3) is 0 Å². The SMILES string of the molecule is NC(=O)C1(I)C=C(I)C(N)=C(I)C1C(=O)O. The summed E-state index contributed by atoms with van der Waals surface area (Å²) >= 11 is 5.57. The zero-order valence-corrected chi connectivity index (χ0v) is 14.2. The summed E-state index contributed by atoms with van der Waals surface area (Å²) in [6.07, 6.45) is 1.51. The van der Waals surface area contributed by atoms with Crippen LogP contribution in [0.1, 0.15) is 0 Å². The summed E-state index contributed by atoms with van der Waals surface area (Å²) in [5.41, 5.74) is 11.4. The van der Waals surface area contributed by atoms with Crippen LogP contribution >= 0.6 is 67.8 Å². The number of amides is 1. The van der Waals surface area contributed by atoms with E-state index in [1.165, 1.54) is 6.08 Å². The van der Waals surface area contributed by atoms with Gasteiger partial charge < -0.3 is 16.6 Å². The molecule has 1 amide bonds. The van der Waals surface area contributed by atoms with Crippen molar-refractivity contribution in [3.63, 3.8) is 0 Å². The van der Waals surface area contributed by atoms with Crippen molar-refractivity contribution in [1.29, 1.82) is 0 Å². The van der Waals surface area contributed by atoms with Gasteiger partial charge in [0.2, 0.25) is 5.91 Å². The maximum Gasteiger partial charge on any atom is 0.313 e. The molecular weight excluding hydrogens is 553 g/mol. The lowest BCUT2D eigenvalue weighted by Gasteiger charge is -2.32. The monoisotopic (exact) mass is 560 g/mol. The minimum Gasteiger partial charge on any atom is -0.481 e. The summed E-state index contributed by atoms with van der Waals surface area (Å²) in [5, 5.41) is 9.16. The summed E-state index contributed by atoms with van der Waals surface area (Å²) in [6.45, 7) is 0. The van der Waals surface area contributed by atoms with Crippen LogP contribution in [0.15, 0.2) is 18.9 Å². The number of carbonyl (C=O) groups excluding carboxylic acids is 1. The molecule has 16 heavy (non-hydrogen) atoms. The predicted molar refractivity (Wildman–Crippen MR) is 84.4 cm³/mol. The second kappa shape index (κ2) is 4.96. The number of primary amides is 1. The van der Waals surface area contributed by atoms with E-state index < -0.39 is 21.2 Å². The number of rotatable bonds is 2. The largest absolute Gasteiger partial charge is 0.481 e. The van der Waals surface area contributed by atoms with Gasteiger partial charge in [-0.05, 0) is 51.3 Å². The molecule has 2 unspecified atom stereocenters. The number of hydrogen-bond acceptors (Lipinski definition) is 3. The van der Waals surface area contributed by atoms with Crippen LogP contribution in [0.3, 0.4) is 0 Å². The standard InChI is InChI=1S/C8H7I3N2O3/c9-2-1-8(11,7(13)16)3(6(14)15)4(10)5(2)12/h1,3H,12H2,(H2,13,16)(H,14,15). The lowest BCUT2D eigenvalue weighted by Crippen LogP contribution is -2.48. The molecule has 1 aliphatic carbocycles. The van der Waals surface area contributed by atoms with E-state index in [1.54, 1.807) is 22.6 Å². The Labute approximate surface area is 132 Å². The number of carbonyl (C=O) groups is 2. The number of allylic oxidation sites excluding steroid dienone is 1. The highest BCUT2D eigenvalue weighted by Crippen LogP contribution is 2.45. The van der Waals surface area contributed by atoms with Crippen molar-refractivity contribution in [3.05, 3.63) is 18.9 Å². The van der Waals surface area contributed by atoms with Crippen LogP contribution in [-0.2, 0) is 9.59 Å². The molecule has 5 N–H and O–H groups in total. The summed E-state index contributed by atoms with van der Waals surface area (Å²) in [5.74, 6) is -2.82. The Morgan fingerprint density at radius 1 is 1.44 bits per heavy atom. The van der Waals surface area contributed by atoms with Crippen molar-refractivity contribution in [2.75, 3.05) is 0 Å². The number of alkyl halides is 1. The molecule has 2 atom stereocenters. The Morgan fingerprint density at radius 2 is 1.94 bits per heavy atom. The van der Waals surface area contributed by atoms with E-state index in [4.69, 9.17) is 16.6 Å². The van der Waals surface area contributed by atoms with E-state index in [-0.39, 0.29) is 0 Å². The molecule has 0 aromatic heterocycles. The molecule has 0 aromatic carbocycles. The van der Waals surface area contributed by atoms with Crippen molar-refractivity contribution < 1.29 is 14.7 Å². The Morgan fingerprint density at radius 3 is 2.31 bits per heavy atom. The van der Waals surface area contributed by atoms with Crippen molar-refractivity contribution in [2.24, 2.45) is 17.4 Å². The molecule has 0 spiro atoms. The predicted octanol–water partition coefficient (Wildman–Crippen LogP) is 1.28. The van der Waals surface area contributed by atoms with Crippen LogP contribution in [0.5, 0.6) is 0 Å². The molecule has 0 aliphatic heterocycles. The topological polar surface area (TPSA) is 106 Å². The average Bonchev–Trinajstić information content (AvgIpc) is 2.13. The number of aliphatic carboxylic acids is 1. The molecule has 5 nitrogen and oxygen atoms in total. The van der Waals surface area contributed by atoms with E-state index >= 15 is 0 Å². The molecule has 0 radical (unpaired) electrons. The van der Waals surface area contributed by atoms with Gasteiger partial charge in [-0.25, -0.2) is 0 Å². The van der Waals surface area contributed by atoms with Gasteiger partial charge in [0.05, 0.1) is 5.70 Å². The van der Waals surface area contributed by atoms with Crippen molar-refractivity contribution in [1.82, 2.24) is 0 Å². The van der Waals surface area contributed by atoms with E-state index in [0.29, 0.717) is 12.9 Å². The van der Waals surface area contributed by atoms with Crippen molar-refractivity contribution >= 4 is 79.6 Å². The molecule has 0 heterocycles. The fourth-order valence-electron chi connectivity index (χ4n) is 1.30. The molecule has 0 saturated carbocycles. The summed E-state index contributed by atoms with van der Waals surface area (Å²) in [6, 6.07) is 0. The maximum atomic E-state index is 11.4. The Kier molecular flexibility index (Phi) is 4.48. The Balaban J connectivity index is 3.43. The number of carboxylic acid groups (broad SMARTS) is 1. The molecule has 0 bridgehead atoms. The van der Waals surface area contributed by atoms with Gasteiger partial charge in [-0.15, -0.1) is 0 Å². The third kappa shape index (κ3) is 2.32. The molecule has 8 heteroatoms. The highest BCUT2D eigenvalue weighted by Gasteiger charge is 2.49. The van der Waals surface area contributed by atoms with Crippen molar-refractivity contribution in [2.45, 2.75) is 3.42 Å². The van der Waals surface area contributed by atoms with Crippen molar-refractivity contribution in [3.8, 4) is 0 Å². The average molecular weight is 560 g/mol. The number of hydrogen-bond donors (Lipinski definition) is 3. The first-order chi connectivity index (χ1) is 7.21. The maximum absolute atomic E-state index is 11.4. The second-order valence-electron chi connectivity index (χ2n) is 3.16. The first-order valence-corrected chi connectivity index (χ1v) is 7.21. The fourth-order valence-corrected chi connectivity index (χ4v) is 5.73. The van der Waals surface area contributed by atoms with E-state index in [2.05, 4.69) is 0 Å². The van der Waals surface area contributed by atoms with Gasteiger partial charge in [-0.2, -0.15) is 0 Å². The summed E-state index contributed by atoms with van der Waals surface area (Å²) < 4.78 is -0.183. The lowest BCUT2D eigenvalue weighted by molar-refractivity contribution is -0.142. The zero-order valence-electron chi connectivity index (χ0n) is 7.71. The van der Waals surface area contributed by atoms with Crippen LogP contribution in [0.4, 0.5) is 0 Å². The smallest absolute Gasteiger partial charge is 0.313 e. The molecule has 0 saturated heterocycles. The van der Waals surface area contributed by atoms with Crippen LogP contribution in [-0.4, -0.2) is 20.4 Å². The lowest BCUT2D eigenvalue weighted by atomic mass is 9.87. The third-order valence-corrected chi connectivity index (χ3v) is 5.71. The normalized spacial score (nSPS) is 29.9. The Hall–Kier alpha value is 0.410. The van der Waals surface area contributed by atoms with Gasteiger partial charge in [0.15, 0.2) is 0 Å². The molecule has 0 aromatic rings. The molecule has 1 rings (SSSR count). The van der Waals surface area contributed by atoms with Gasteiger partial charge in [-0.1, -0.05) is 22.6 Å². The highest BCUT2D eigenvalue weighted by atomic mass is 127. The second-order valence-corrected chi connectivity index (χ2v) is 7.27. The van der Waals surface area contributed by atoms with E-state index in [9.17, 15) is 9.59 Å². The van der Waals surface area contributed by atoms with Crippen LogP contribution in [0, 0.1) is 5.92 Å². The molecular formula is C8H7I3N2O3. The first-order valence-electron chi connectivity index (χ1n) is 3.97. The third-order valence-electron chi connectivity index (χ3n) is 2.15. The minimum atomic E-state index is -1.26. The molecule has 88 valence electrons. The number of nitrogens with two attached hydrogens (primary N) is 2. The van der Waals surface area contributed by atoms with Gasteiger partial charge >= 0.3 is 5.97 Å². The van der Waals surface area contributed by atoms with Crippen LogP contribution in [0.25, 0.3) is 0 Å². The molecule has 1 aliphatic rings. The number of halogens is 3. The zero-order chi connectivity index (χ0) is 12.7. The fraction of sp³-hybridized carbons (Fsp3) is 0.250. The Bertz CT molecular complexity index is 432. The van der Waals surface area contributed by atoms with Crippen LogP contribution < -0.4 is 11.5 Å². The number of carboxylic acids is 1. The quantitative estimate of drug-likeness (QED) is 0.350. The minimum absolute atomic E-state index is 0.391. The van der Waals surface area contributed by atoms with Gasteiger partial charge in [0, 0.05) is 7.16 Å². The van der Waals surface area contributed by atoms with Gasteiger partial charge in [0.1, 0.15) is 9.34 Å². The van der Waals surface area contributed by atoms with Crippen LogP contribution in [0.2, 0.25) is 0 Å². The molecule has 0 fully saturated rings. The summed E-state index contributed by atoms with van der Waals surface area (Å²) in [4.78, 5) is 22.6. The highest BCUT2D eigenvalue weighted by molar-refractivity contribution is 14.1.